The number of nitrogens with zero attached hydrogens (tertiary/aromatic N) is 1. The molecule has 1 saturated carbocycles. The van der Waals surface area contributed by atoms with Crippen LogP contribution in [-0.2, 0) is 0 Å². The van der Waals surface area contributed by atoms with Gasteiger partial charge in [0, 0.05) is 12.1 Å². The lowest BCUT2D eigenvalue weighted by atomic mass is 9.97. The van der Waals surface area contributed by atoms with Crippen molar-refractivity contribution in [2.45, 2.75) is 25.7 Å². The van der Waals surface area contributed by atoms with Crippen LogP contribution in [0, 0.1) is 22.0 Å². The van der Waals surface area contributed by atoms with Gasteiger partial charge >= 0.3 is 0 Å². The molecule has 0 heterocycles. The minimum absolute atomic E-state index is 0.0123. The Morgan fingerprint density at radius 2 is 2.10 bits per heavy atom. The normalized spacial score (nSPS) is 21.7. The predicted octanol–water partition coefficient (Wildman–Crippen LogP) is 3.29. The molecule has 2 atom stereocenters. The molecular weight excluding hydrogens is 282 g/mol. The van der Waals surface area contributed by atoms with Crippen LogP contribution < -0.4 is 10.5 Å². The molecule has 0 bridgehead atoms. The maximum absolute atomic E-state index is 13.0. The molecule has 116 valence electrons. The van der Waals surface area contributed by atoms with Crippen LogP contribution >= 0.6 is 0 Å². The van der Waals surface area contributed by atoms with E-state index in [2.05, 4.69) is 0 Å². The first kappa shape index (κ1) is 15.6. The Morgan fingerprint density at radius 1 is 1.38 bits per heavy atom. The summed E-state index contributed by atoms with van der Waals surface area (Å²) in [6.07, 6.45) is 0.261. The van der Waals surface area contributed by atoms with E-state index in [0.717, 1.165) is 25.3 Å². The van der Waals surface area contributed by atoms with Crippen LogP contribution in [0.5, 0.6) is 5.75 Å². The van der Waals surface area contributed by atoms with Crippen molar-refractivity contribution in [1.82, 2.24) is 0 Å². The summed E-state index contributed by atoms with van der Waals surface area (Å²) in [5.74, 6) is 0.632. The van der Waals surface area contributed by atoms with Gasteiger partial charge in [-0.25, -0.2) is 8.78 Å². The molecule has 1 aliphatic rings. The summed E-state index contributed by atoms with van der Waals surface area (Å²) in [6, 6.07) is 3.29. The van der Waals surface area contributed by atoms with E-state index in [-0.39, 0.29) is 17.4 Å². The van der Waals surface area contributed by atoms with Gasteiger partial charge in [0.15, 0.2) is 0 Å². The fourth-order valence-electron chi connectivity index (χ4n) is 2.79. The highest BCUT2D eigenvalue weighted by Gasteiger charge is 2.27. The molecule has 1 aromatic carbocycles. The monoisotopic (exact) mass is 300 g/mol. The molecule has 0 spiro atoms. The third-order valence-electron chi connectivity index (χ3n) is 4.01. The van der Waals surface area contributed by atoms with Crippen LogP contribution in [0.15, 0.2) is 18.2 Å². The van der Waals surface area contributed by atoms with Crippen molar-refractivity contribution in [1.29, 1.82) is 0 Å². The predicted molar refractivity (Wildman–Crippen MR) is 73.4 cm³/mol. The molecule has 21 heavy (non-hydrogen) atoms. The van der Waals surface area contributed by atoms with Crippen LogP contribution in [0.1, 0.15) is 31.3 Å². The topological polar surface area (TPSA) is 78.4 Å². The molecular formula is C14H18F2N2O3. The smallest absolute Gasteiger partial charge is 0.270 e. The van der Waals surface area contributed by atoms with Gasteiger partial charge < -0.3 is 10.5 Å². The van der Waals surface area contributed by atoms with E-state index < -0.39 is 16.9 Å². The van der Waals surface area contributed by atoms with Crippen molar-refractivity contribution in [2.75, 3.05) is 13.2 Å². The lowest BCUT2D eigenvalue weighted by Gasteiger charge is -2.19. The van der Waals surface area contributed by atoms with E-state index in [0.29, 0.717) is 19.1 Å². The summed E-state index contributed by atoms with van der Waals surface area (Å²) in [5.41, 5.74) is 4.87. The Kier molecular flexibility index (Phi) is 5.06. The Bertz CT molecular complexity index is 511. The van der Waals surface area contributed by atoms with Crippen molar-refractivity contribution in [3.05, 3.63) is 33.9 Å². The average molecular weight is 300 g/mol. The van der Waals surface area contributed by atoms with Crippen LogP contribution in [0.3, 0.4) is 0 Å². The second-order valence-corrected chi connectivity index (χ2v) is 5.28. The van der Waals surface area contributed by atoms with Crippen LogP contribution in [0.4, 0.5) is 14.5 Å². The van der Waals surface area contributed by atoms with Gasteiger partial charge in [-0.2, -0.15) is 0 Å². The number of non-ortho nitro benzene ring substituents is 1. The number of nitro benzene ring substituents is 1. The van der Waals surface area contributed by atoms with Crippen molar-refractivity contribution in [3.63, 3.8) is 0 Å². The number of nitro groups is 1. The molecule has 0 aliphatic heterocycles. The molecule has 5 nitrogen and oxygen atoms in total. The molecule has 1 aliphatic carbocycles. The average Bonchev–Trinajstić information content (AvgIpc) is 2.92. The van der Waals surface area contributed by atoms with Crippen molar-refractivity contribution >= 4 is 5.69 Å². The summed E-state index contributed by atoms with van der Waals surface area (Å²) >= 11 is 0. The lowest BCUT2D eigenvalue weighted by Crippen LogP contribution is -2.23. The zero-order valence-corrected chi connectivity index (χ0v) is 11.5. The van der Waals surface area contributed by atoms with E-state index >= 15 is 0 Å². The Labute approximate surface area is 121 Å². The van der Waals surface area contributed by atoms with Gasteiger partial charge in [-0.3, -0.25) is 10.1 Å². The third kappa shape index (κ3) is 3.66. The SMILES string of the molecule is NCC1CCCC1COc1ccc([N+](=O)[O-])cc1C(F)F. The van der Waals surface area contributed by atoms with E-state index in [1.54, 1.807) is 0 Å². The number of ether oxygens (including phenoxy) is 1. The van der Waals surface area contributed by atoms with E-state index in [1.165, 1.54) is 12.1 Å². The maximum Gasteiger partial charge on any atom is 0.270 e. The minimum Gasteiger partial charge on any atom is -0.493 e. The summed E-state index contributed by atoms with van der Waals surface area (Å²) in [5, 5.41) is 10.6. The van der Waals surface area contributed by atoms with E-state index in [1.807, 2.05) is 0 Å². The fourth-order valence-corrected chi connectivity index (χ4v) is 2.79. The molecule has 0 radical (unpaired) electrons. The largest absolute Gasteiger partial charge is 0.493 e. The molecule has 0 amide bonds. The summed E-state index contributed by atoms with van der Waals surface area (Å²) in [6.45, 7) is 0.884. The first-order valence-corrected chi connectivity index (χ1v) is 6.92. The zero-order chi connectivity index (χ0) is 15.4. The number of rotatable bonds is 6. The quantitative estimate of drug-likeness (QED) is 0.646. The van der Waals surface area contributed by atoms with Gasteiger partial charge in [0.05, 0.1) is 17.1 Å². The molecule has 1 aromatic rings. The standard InChI is InChI=1S/C14H18F2N2O3/c15-14(16)12-6-11(18(19)20)4-5-13(12)21-8-10-3-1-2-9(10)7-17/h4-6,9-10,14H,1-3,7-8,17H2. The highest BCUT2D eigenvalue weighted by Crippen LogP contribution is 2.35. The van der Waals surface area contributed by atoms with Crippen molar-refractivity contribution < 1.29 is 18.4 Å². The first-order valence-electron chi connectivity index (χ1n) is 6.92. The Morgan fingerprint density at radius 3 is 2.71 bits per heavy atom. The lowest BCUT2D eigenvalue weighted by molar-refractivity contribution is -0.385. The molecule has 2 unspecified atom stereocenters. The van der Waals surface area contributed by atoms with Crippen LogP contribution in [0.25, 0.3) is 0 Å². The summed E-state index contributed by atoms with van der Waals surface area (Å²) in [4.78, 5) is 9.94. The number of hydrogen-bond donors (Lipinski definition) is 1. The molecule has 0 saturated heterocycles. The van der Waals surface area contributed by atoms with Crippen molar-refractivity contribution in [3.8, 4) is 5.75 Å². The van der Waals surface area contributed by atoms with Gasteiger partial charge in [-0.05, 0) is 37.3 Å². The number of halogens is 2. The summed E-state index contributed by atoms with van der Waals surface area (Å²) in [7, 11) is 0. The molecule has 1 fully saturated rings. The van der Waals surface area contributed by atoms with Crippen LogP contribution in [-0.4, -0.2) is 18.1 Å². The van der Waals surface area contributed by atoms with Gasteiger partial charge in [-0.1, -0.05) is 6.42 Å². The summed E-state index contributed by atoms with van der Waals surface area (Å²) < 4.78 is 31.5. The Balaban J connectivity index is 2.10. The molecule has 2 rings (SSSR count). The minimum atomic E-state index is -2.81. The van der Waals surface area contributed by atoms with Gasteiger partial charge in [0.2, 0.25) is 0 Å². The fraction of sp³-hybridized carbons (Fsp3) is 0.571. The van der Waals surface area contributed by atoms with Gasteiger partial charge in [0.25, 0.3) is 12.1 Å². The zero-order valence-electron chi connectivity index (χ0n) is 11.5. The number of hydrogen-bond acceptors (Lipinski definition) is 4. The van der Waals surface area contributed by atoms with Gasteiger partial charge in [0.1, 0.15) is 5.75 Å². The van der Waals surface area contributed by atoms with Gasteiger partial charge in [-0.15, -0.1) is 0 Å². The maximum atomic E-state index is 13.0. The molecule has 7 heteroatoms. The molecule has 2 N–H and O–H groups in total. The first-order chi connectivity index (χ1) is 10.0. The second-order valence-electron chi connectivity index (χ2n) is 5.28. The molecule has 0 aromatic heterocycles. The van der Waals surface area contributed by atoms with E-state index in [9.17, 15) is 18.9 Å². The second kappa shape index (κ2) is 6.80. The van der Waals surface area contributed by atoms with Crippen molar-refractivity contribution in [2.24, 2.45) is 17.6 Å². The number of benzene rings is 1. The highest BCUT2D eigenvalue weighted by atomic mass is 19.3. The highest BCUT2D eigenvalue weighted by molar-refractivity contribution is 5.44. The third-order valence-corrected chi connectivity index (χ3v) is 4.01. The Hall–Kier alpha value is -1.76. The number of nitrogens with two attached hydrogens (primary N) is 1. The van der Waals surface area contributed by atoms with E-state index in [4.69, 9.17) is 10.5 Å². The number of alkyl halides is 2. The van der Waals surface area contributed by atoms with Crippen LogP contribution in [0.2, 0.25) is 0 Å².